The maximum atomic E-state index is 5.92. The number of ether oxygens (including phenoxy) is 2. The number of nitrogens with one attached hydrogen (secondary N) is 2. The van der Waals surface area contributed by atoms with Crippen LogP contribution in [0, 0.1) is 5.41 Å². The summed E-state index contributed by atoms with van der Waals surface area (Å²) in [6.45, 7) is 8.19. The molecule has 6 nitrogen and oxygen atoms in total. The van der Waals surface area contributed by atoms with Crippen LogP contribution in [0.4, 0.5) is 0 Å². The summed E-state index contributed by atoms with van der Waals surface area (Å²) in [6.07, 6.45) is 1.82. The largest absolute Gasteiger partial charge is 0.473 e. The smallest absolute Gasteiger partial charge is 0.218 e. The summed E-state index contributed by atoms with van der Waals surface area (Å²) >= 11 is 0. The van der Waals surface area contributed by atoms with Gasteiger partial charge in [-0.05, 0) is 17.0 Å². The minimum atomic E-state index is 0.0440. The van der Waals surface area contributed by atoms with Crippen LogP contribution in [0.2, 0.25) is 0 Å². The fourth-order valence-corrected chi connectivity index (χ4v) is 2.75. The number of hydrogen-bond acceptors (Lipinski definition) is 4. The molecule has 1 unspecified atom stereocenters. The number of nitrogens with zero attached hydrogens (tertiary/aromatic N) is 2. The van der Waals surface area contributed by atoms with E-state index in [-0.39, 0.29) is 11.5 Å². The molecule has 1 heterocycles. The van der Waals surface area contributed by atoms with Crippen LogP contribution in [0.15, 0.2) is 53.7 Å². The number of guanidine groups is 1. The lowest BCUT2D eigenvalue weighted by atomic mass is 9.89. The average Bonchev–Trinajstić information content (AvgIpc) is 2.69. The second kappa shape index (κ2) is 10.7. The van der Waals surface area contributed by atoms with Crippen LogP contribution in [0.25, 0.3) is 0 Å². The predicted octanol–water partition coefficient (Wildman–Crippen LogP) is 3.39. The normalized spacial score (nSPS) is 13.1. The van der Waals surface area contributed by atoms with Crippen LogP contribution >= 0.6 is 0 Å². The van der Waals surface area contributed by atoms with E-state index >= 15 is 0 Å². The molecule has 1 atom stereocenters. The molecule has 0 amide bonds. The number of hydrogen-bond donors (Lipinski definition) is 2. The van der Waals surface area contributed by atoms with Crippen molar-refractivity contribution in [1.29, 1.82) is 0 Å². The van der Waals surface area contributed by atoms with Crippen molar-refractivity contribution in [2.45, 2.75) is 40.0 Å². The molecule has 152 valence electrons. The Morgan fingerprint density at radius 2 is 1.86 bits per heavy atom. The maximum absolute atomic E-state index is 5.92. The van der Waals surface area contributed by atoms with Gasteiger partial charge in [0.1, 0.15) is 6.61 Å². The van der Waals surface area contributed by atoms with Gasteiger partial charge in [0.15, 0.2) is 5.96 Å². The lowest BCUT2D eigenvalue weighted by molar-refractivity contribution is 0.0205. The number of rotatable bonds is 8. The van der Waals surface area contributed by atoms with E-state index in [1.54, 1.807) is 20.4 Å². The molecule has 1 aromatic heterocycles. The van der Waals surface area contributed by atoms with Gasteiger partial charge in [0, 0.05) is 39.0 Å². The third-order valence-corrected chi connectivity index (χ3v) is 4.44. The van der Waals surface area contributed by atoms with E-state index in [9.17, 15) is 0 Å². The van der Waals surface area contributed by atoms with E-state index in [1.165, 1.54) is 0 Å². The Balaban J connectivity index is 1.92. The van der Waals surface area contributed by atoms with E-state index in [1.807, 2.05) is 42.5 Å². The molecule has 0 aliphatic heterocycles. The topological polar surface area (TPSA) is 67.8 Å². The average molecular weight is 385 g/mol. The molecule has 2 aromatic rings. The summed E-state index contributed by atoms with van der Waals surface area (Å²) < 4.78 is 11.5. The SMILES string of the molecule is CN=C(NCc1cccnc1OCc1ccccc1)NCC(OC)C(C)(C)C. The summed E-state index contributed by atoms with van der Waals surface area (Å²) in [4.78, 5) is 8.67. The summed E-state index contributed by atoms with van der Waals surface area (Å²) in [5.41, 5.74) is 2.13. The van der Waals surface area contributed by atoms with E-state index in [0.717, 1.165) is 11.1 Å². The predicted molar refractivity (Wildman–Crippen MR) is 113 cm³/mol. The van der Waals surface area contributed by atoms with Gasteiger partial charge >= 0.3 is 0 Å². The van der Waals surface area contributed by atoms with Gasteiger partial charge in [-0.3, -0.25) is 4.99 Å². The molecule has 0 saturated carbocycles. The van der Waals surface area contributed by atoms with E-state index in [4.69, 9.17) is 9.47 Å². The van der Waals surface area contributed by atoms with Crippen LogP contribution < -0.4 is 15.4 Å². The van der Waals surface area contributed by atoms with E-state index in [0.29, 0.717) is 31.5 Å². The van der Waals surface area contributed by atoms with Gasteiger partial charge in [0.2, 0.25) is 5.88 Å². The van der Waals surface area contributed by atoms with E-state index < -0.39 is 0 Å². The summed E-state index contributed by atoms with van der Waals surface area (Å²) in [5, 5.41) is 6.65. The van der Waals surface area contributed by atoms with E-state index in [2.05, 4.69) is 41.4 Å². The zero-order valence-corrected chi connectivity index (χ0v) is 17.5. The van der Waals surface area contributed by atoms with Crippen LogP contribution in [0.3, 0.4) is 0 Å². The first-order valence-electron chi connectivity index (χ1n) is 9.52. The number of aliphatic imine (C=N–C) groups is 1. The Labute approximate surface area is 168 Å². The van der Waals surface area contributed by atoms with Gasteiger partial charge in [-0.15, -0.1) is 0 Å². The summed E-state index contributed by atoms with van der Waals surface area (Å²) in [7, 11) is 3.49. The number of pyridine rings is 1. The maximum Gasteiger partial charge on any atom is 0.218 e. The van der Waals surface area contributed by atoms with Crippen LogP contribution in [0.1, 0.15) is 31.9 Å². The first-order valence-corrected chi connectivity index (χ1v) is 9.52. The first kappa shape index (κ1) is 21.7. The molecular weight excluding hydrogens is 352 g/mol. The monoisotopic (exact) mass is 384 g/mol. The number of aromatic nitrogens is 1. The highest BCUT2D eigenvalue weighted by Crippen LogP contribution is 2.21. The van der Waals surface area contributed by atoms with Gasteiger partial charge in [-0.2, -0.15) is 0 Å². The molecule has 1 aromatic carbocycles. The zero-order chi connectivity index (χ0) is 20.4. The van der Waals surface area contributed by atoms with Gasteiger partial charge in [-0.1, -0.05) is 57.2 Å². The van der Waals surface area contributed by atoms with Gasteiger partial charge < -0.3 is 20.1 Å². The highest BCUT2D eigenvalue weighted by Gasteiger charge is 2.24. The summed E-state index contributed by atoms with van der Waals surface area (Å²) in [6, 6.07) is 14.0. The lowest BCUT2D eigenvalue weighted by Crippen LogP contribution is -2.45. The number of benzene rings is 1. The third kappa shape index (κ3) is 6.85. The van der Waals surface area contributed by atoms with Crippen molar-refractivity contribution in [2.75, 3.05) is 20.7 Å². The highest BCUT2D eigenvalue weighted by atomic mass is 16.5. The lowest BCUT2D eigenvalue weighted by Gasteiger charge is -2.30. The van der Waals surface area contributed by atoms with Gasteiger partial charge in [0.05, 0.1) is 6.10 Å². The van der Waals surface area contributed by atoms with Crippen molar-refractivity contribution in [1.82, 2.24) is 15.6 Å². The van der Waals surface area contributed by atoms with Crippen molar-refractivity contribution in [3.05, 3.63) is 59.8 Å². The molecule has 0 radical (unpaired) electrons. The molecule has 2 N–H and O–H groups in total. The molecule has 28 heavy (non-hydrogen) atoms. The second-order valence-electron chi connectivity index (χ2n) is 7.64. The Morgan fingerprint density at radius 1 is 1.11 bits per heavy atom. The second-order valence-corrected chi connectivity index (χ2v) is 7.64. The Hall–Kier alpha value is -2.60. The first-order chi connectivity index (χ1) is 13.4. The van der Waals surface area contributed by atoms with Crippen LogP contribution in [-0.2, 0) is 17.9 Å². The van der Waals surface area contributed by atoms with Crippen molar-refractivity contribution in [3.63, 3.8) is 0 Å². The van der Waals surface area contributed by atoms with Gasteiger partial charge in [0.25, 0.3) is 0 Å². The third-order valence-electron chi connectivity index (χ3n) is 4.44. The molecule has 0 saturated heterocycles. The Kier molecular flexibility index (Phi) is 8.26. The van der Waals surface area contributed by atoms with Crippen LogP contribution in [0.5, 0.6) is 5.88 Å². The fraction of sp³-hybridized carbons (Fsp3) is 0.455. The molecule has 0 aliphatic rings. The van der Waals surface area contributed by atoms with Gasteiger partial charge in [-0.25, -0.2) is 4.98 Å². The summed E-state index contributed by atoms with van der Waals surface area (Å²) in [5.74, 6) is 1.34. The van der Waals surface area contributed by atoms with Crippen molar-refractivity contribution in [3.8, 4) is 5.88 Å². The Bertz CT molecular complexity index is 742. The molecule has 0 fully saturated rings. The molecule has 2 rings (SSSR count). The Morgan fingerprint density at radius 3 is 2.50 bits per heavy atom. The minimum Gasteiger partial charge on any atom is -0.473 e. The van der Waals surface area contributed by atoms with Crippen molar-refractivity contribution < 1.29 is 9.47 Å². The molecular formula is C22H32N4O2. The van der Waals surface area contributed by atoms with Crippen molar-refractivity contribution >= 4 is 5.96 Å². The molecule has 0 spiro atoms. The zero-order valence-electron chi connectivity index (χ0n) is 17.5. The quantitative estimate of drug-likeness (QED) is 0.539. The molecule has 0 aliphatic carbocycles. The highest BCUT2D eigenvalue weighted by molar-refractivity contribution is 5.79. The number of methoxy groups -OCH3 is 1. The molecule has 6 heteroatoms. The van der Waals surface area contributed by atoms with Crippen molar-refractivity contribution in [2.24, 2.45) is 10.4 Å². The van der Waals surface area contributed by atoms with Crippen LogP contribution in [-0.4, -0.2) is 37.7 Å². The molecule has 0 bridgehead atoms. The standard InChI is InChI=1S/C22H32N4O2/c1-22(2,3)19(27-5)15-26-21(23-4)25-14-18-12-9-13-24-20(18)28-16-17-10-7-6-8-11-17/h6-13,19H,14-16H2,1-5H3,(H2,23,25,26). The minimum absolute atomic E-state index is 0.0440. The fourth-order valence-electron chi connectivity index (χ4n) is 2.75.